The smallest absolute Gasteiger partial charge is 0.400 e. The number of amides is 2. The molecule has 1 fully saturated rings. The van der Waals surface area contributed by atoms with Gasteiger partial charge >= 0.3 is 5.88 Å². The van der Waals surface area contributed by atoms with Gasteiger partial charge in [-0.15, -0.1) is 0 Å². The maximum Gasteiger partial charge on any atom is 0.433 e. The number of furan rings is 1. The van der Waals surface area contributed by atoms with Crippen LogP contribution in [-0.4, -0.2) is 33.5 Å². The van der Waals surface area contributed by atoms with E-state index in [1.807, 2.05) is 30.3 Å². The Morgan fingerprint density at radius 3 is 2.79 bits per heavy atom. The minimum Gasteiger partial charge on any atom is -0.400 e. The van der Waals surface area contributed by atoms with Gasteiger partial charge in [-0.3, -0.25) is 19.7 Å². The zero-order valence-electron chi connectivity index (χ0n) is 15.3. The number of hydrogen-bond donors (Lipinski definition) is 1. The molecule has 2 aromatic rings. The number of nitrogens with zero attached hydrogens (tertiary/aromatic N) is 3. The van der Waals surface area contributed by atoms with E-state index in [0.717, 1.165) is 10.6 Å². The van der Waals surface area contributed by atoms with Gasteiger partial charge in [0.15, 0.2) is 5.76 Å². The summed E-state index contributed by atoms with van der Waals surface area (Å²) in [6.07, 6.45) is 2.51. The predicted octanol–water partition coefficient (Wildman–Crippen LogP) is 2.61. The zero-order chi connectivity index (χ0) is 20.1. The average Bonchev–Trinajstić information content (AvgIpc) is 3.16. The quantitative estimate of drug-likeness (QED) is 0.466. The summed E-state index contributed by atoms with van der Waals surface area (Å²) in [5, 5.41) is 18.8. The van der Waals surface area contributed by atoms with Gasteiger partial charge in [0.2, 0.25) is 11.8 Å². The summed E-state index contributed by atoms with van der Waals surface area (Å²) in [4.78, 5) is 35.3. The Morgan fingerprint density at radius 2 is 2.11 bits per heavy atom. The van der Waals surface area contributed by atoms with Crippen LogP contribution in [0.4, 0.5) is 5.88 Å². The summed E-state index contributed by atoms with van der Waals surface area (Å²) >= 11 is 0. The number of piperidine rings is 1. The van der Waals surface area contributed by atoms with Gasteiger partial charge in [0.25, 0.3) is 0 Å². The Kier molecular flexibility index (Phi) is 5.53. The molecule has 0 saturated carbocycles. The fourth-order valence-corrected chi connectivity index (χ4v) is 3.07. The molecule has 3 rings (SSSR count). The van der Waals surface area contributed by atoms with Gasteiger partial charge in [0, 0.05) is 13.0 Å². The lowest BCUT2D eigenvalue weighted by Crippen LogP contribution is -2.58. The van der Waals surface area contributed by atoms with Gasteiger partial charge < -0.3 is 9.73 Å². The number of rotatable bonds is 6. The SMILES string of the molecule is CC1(C(=O)NCc2ccccc2)CCCC(=O)N1/N=C/c1ccc([N+](=O)[O-])o1. The summed E-state index contributed by atoms with van der Waals surface area (Å²) in [6.45, 7) is 2.00. The molecule has 0 aliphatic carbocycles. The maximum absolute atomic E-state index is 12.9. The third-order valence-electron chi connectivity index (χ3n) is 4.64. The summed E-state index contributed by atoms with van der Waals surface area (Å²) in [6, 6.07) is 12.0. The summed E-state index contributed by atoms with van der Waals surface area (Å²) in [5.74, 6) is -0.903. The molecule has 2 heterocycles. The fourth-order valence-electron chi connectivity index (χ4n) is 3.07. The second-order valence-corrected chi connectivity index (χ2v) is 6.68. The first-order valence-electron chi connectivity index (χ1n) is 8.83. The molecule has 1 aromatic heterocycles. The second-order valence-electron chi connectivity index (χ2n) is 6.68. The van der Waals surface area contributed by atoms with Gasteiger partial charge in [-0.2, -0.15) is 5.10 Å². The lowest BCUT2D eigenvalue weighted by molar-refractivity contribution is -0.402. The Balaban J connectivity index is 1.76. The zero-order valence-corrected chi connectivity index (χ0v) is 15.3. The normalized spacial score (nSPS) is 19.8. The van der Waals surface area contributed by atoms with Crippen LogP contribution in [0.25, 0.3) is 0 Å². The second kappa shape index (κ2) is 8.03. The molecule has 0 bridgehead atoms. The monoisotopic (exact) mass is 384 g/mol. The van der Waals surface area contributed by atoms with Crippen LogP contribution in [0.2, 0.25) is 0 Å². The van der Waals surface area contributed by atoms with Crippen LogP contribution in [0, 0.1) is 10.1 Å². The van der Waals surface area contributed by atoms with Crippen molar-refractivity contribution in [3.05, 3.63) is 63.9 Å². The molecule has 9 heteroatoms. The first kappa shape index (κ1) is 19.3. The summed E-state index contributed by atoms with van der Waals surface area (Å²) in [7, 11) is 0. The van der Waals surface area contributed by atoms with Crippen LogP contribution in [0.5, 0.6) is 0 Å². The predicted molar refractivity (Wildman–Crippen MR) is 100 cm³/mol. The molecular weight excluding hydrogens is 364 g/mol. The van der Waals surface area contributed by atoms with Crippen LogP contribution < -0.4 is 5.32 Å². The van der Waals surface area contributed by atoms with E-state index in [-0.39, 0.29) is 24.0 Å². The van der Waals surface area contributed by atoms with Crippen molar-refractivity contribution in [2.45, 2.75) is 38.3 Å². The molecule has 28 heavy (non-hydrogen) atoms. The standard InChI is InChI=1S/C19H20N4O5/c1-19(18(25)20-12-14-6-3-2-4-7-14)11-5-8-16(24)22(19)21-13-15-9-10-17(28-15)23(26)27/h2-4,6-7,9-10,13H,5,8,11-12H2,1H3,(H,20,25)/b21-13+. The minimum atomic E-state index is -1.15. The molecule has 0 spiro atoms. The molecule has 0 radical (unpaired) electrons. The van der Waals surface area contributed by atoms with Crippen molar-refractivity contribution in [2.75, 3.05) is 0 Å². The van der Waals surface area contributed by atoms with E-state index in [4.69, 9.17) is 4.42 Å². The number of carbonyl (C=O) groups is 2. The van der Waals surface area contributed by atoms with E-state index in [1.54, 1.807) is 6.92 Å². The third kappa shape index (κ3) is 4.08. The van der Waals surface area contributed by atoms with Crippen molar-refractivity contribution in [1.82, 2.24) is 10.3 Å². The highest BCUT2D eigenvalue weighted by molar-refractivity contribution is 5.92. The number of hydrazone groups is 1. The number of carbonyl (C=O) groups excluding carboxylic acids is 2. The number of nitrogens with one attached hydrogen (secondary N) is 1. The topological polar surface area (TPSA) is 118 Å². The minimum absolute atomic E-state index is 0.122. The van der Waals surface area contributed by atoms with Gasteiger partial charge in [0.1, 0.15) is 10.5 Å². The maximum atomic E-state index is 12.9. The Labute approximate surface area is 161 Å². The van der Waals surface area contributed by atoms with Gasteiger partial charge in [-0.25, -0.2) is 5.01 Å². The molecule has 2 amide bonds. The van der Waals surface area contributed by atoms with Crippen molar-refractivity contribution in [2.24, 2.45) is 5.10 Å². The van der Waals surface area contributed by atoms with Crippen molar-refractivity contribution >= 4 is 23.9 Å². The molecule has 1 unspecified atom stereocenters. The highest BCUT2D eigenvalue weighted by Gasteiger charge is 2.45. The Morgan fingerprint density at radius 1 is 1.36 bits per heavy atom. The van der Waals surface area contributed by atoms with Crippen molar-refractivity contribution < 1.29 is 18.9 Å². The lowest BCUT2D eigenvalue weighted by atomic mass is 9.88. The lowest BCUT2D eigenvalue weighted by Gasteiger charge is -2.39. The molecule has 1 N–H and O–H groups in total. The van der Waals surface area contributed by atoms with Crippen LogP contribution in [0.3, 0.4) is 0 Å². The van der Waals surface area contributed by atoms with Crippen molar-refractivity contribution in [1.29, 1.82) is 0 Å². The van der Waals surface area contributed by atoms with E-state index in [2.05, 4.69) is 10.4 Å². The average molecular weight is 384 g/mol. The first-order valence-corrected chi connectivity index (χ1v) is 8.83. The molecule has 1 atom stereocenters. The number of benzene rings is 1. The molecule has 146 valence electrons. The van der Waals surface area contributed by atoms with Crippen LogP contribution in [0.15, 0.2) is 52.0 Å². The number of nitro groups is 1. The summed E-state index contributed by atoms with van der Waals surface area (Å²) < 4.78 is 5.02. The Bertz CT molecular complexity index is 908. The largest absolute Gasteiger partial charge is 0.433 e. The number of hydrogen-bond acceptors (Lipinski definition) is 6. The molecular formula is C19H20N4O5. The molecule has 1 aromatic carbocycles. The third-order valence-corrected chi connectivity index (χ3v) is 4.64. The van der Waals surface area contributed by atoms with Crippen LogP contribution in [0.1, 0.15) is 37.5 Å². The van der Waals surface area contributed by atoms with E-state index in [0.29, 0.717) is 19.4 Å². The van der Waals surface area contributed by atoms with E-state index in [9.17, 15) is 19.7 Å². The van der Waals surface area contributed by atoms with E-state index in [1.165, 1.54) is 18.3 Å². The Hall–Kier alpha value is -3.49. The van der Waals surface area contributed by atoms with E-state index < -0.39 is 16.3 Å². The molecule has 1 saturated heterocycles. The fraction of sp³-hybridized carbons (Fsp3) is 0.316. The van der Waals surface area contributed by atoms with Crippen molar-refractivity contribution in [3.63, 3.8) is 0 Å². The molecule has 9 nitrogen and oxygen atoms in total. The van der Waals surface area contributed by atoms with Gasteiger partial charge in [-0.1, -0.05) is 30.3 Å². The van der Waals surface area contributed by atoms with Gasteiger partial charge in [0.05, 0.1) is 12.3 Å². The highest BCUT2D eigenvalue weighted by atomic mass is 16.6. The van der Waals surface area contributed by atoms with E-state index >= 15 is 0 Å². The highest BCUT2D eigenvalue weighted by Crippen LogP contribution is 2.29. The van der Waals surface area contributed by atoms with Crippen LogP contribution in [-0.2, 0) is 16.1 Å². The first-order chi connectivity index (χ1) is 13.4. The summed E-state index contributed by atoms with van der Waals surface area (Å²) in [5.41, 5.74) is -0.210. The van der Waals surface area contributed by atoms with Crippen molar-refractivity contribution in [3.8, 4) is 0 Å². The van der Waals surface area contributed by atoms with Crippen LogP contribution >= 0.6 is 0 Å². The van der Waals surface area contributed by atoms with Gasteiger partial charge in [-0.05, 0) is 31.4 Å². The molecule has 1 aliphatic rings. The molecule has 1 aliphatic heterocycles.